The SMILES string of the molecule is CCS(=O)(=O)NCC[C@H]1CN(Cc2cccc(C)c2)Cc2ccnn21. The van der Waals surface area contributed by atoms with Crippen LogP contribution >= 0.6 is 0 Å². The van der Waals surface area contributed by atoms with Crippen molar-refractivity contribution in [2.45, 2.75) is 39.4 Å². The van der Waals surface area contributed by atoms with E-state index in [0.29, 0.717) is 6.54 Å². The van der Waals surface area contributed by atoms with E-state index in [1.165, 1.54) is 16.8 Å². The monoisotopic (exact) mass is 362 g/mol. The molecule has 2 heterocycles. The summed E-state index contributed by atoms with van der Waals surface area (Å²) >= 11 is 0. The van der Waals surface area contributed by atoms with Crippen LogP contribution in [0.4, 0.5) is 0 Å². The summed E-state index contributed by atoms with van der Waals surface area (Å²) in [5.74, 6) is 0.115. The third-order valence-corrected chi connectivity index (χ3v) is 6.02. The van der Waals surface area contributed by atoms with Crippen LogP contribution < -0.4 is 4.72 Å². The molecule has 1 aromatic heterocycles. The van der Waals surface area contributed by atoms with Crippen LogP contribution in [0.2, 0.25) is 0 Å². The molecule has 0 unspecified atom stereocenters. The Hall–Kier alpha value is -1.70. The van der Waals surface area contributed by atoms with E-state index in [2.05, 4.69) is 45.9 Å². The average molecular weight is 362 g/mol. The van der Waals surface area contributed by atoms with E-state index in [1.807, 2.05) is 16.9 Å². The van der Waals surface area contributed by atoms with Gasteiger partial charge < -0.3 is 0 Å². The number of nitrogens with zero attached hydrogens (tertiary/aromatic N) is 3. The molecule has 3 rings (SSSR count). The van der Waals surface area contributed by atoms with Crippen molar-refractivity contribution in [3.8, 4) is 0 Å². The molecule has 0 radical (unpaired) electrons. The van der Waals surface area contributed by atoms with Gasteiger partial charge in [-0.15, -0.1) is 0 Å². The number of hydrogen-bond acceptors (Lipinski definition) is 4. The van der Waals surface area contributed by atoms with Gasteiger partial charge >= 0.3 is 0 Å². The molecule has 1 aliphatic rings. The Balaban J connectivity index is 1.67. The Labute approximate surface area is 149 Å². The number of rotatable bonds is 7. The fourth-order valence-corrected chi connectivity index (χ4v) is 3.98. The highest BCUT2D eigenvalue weighted by Crippen LogP contribution is 2.24. The molecule has 0 aliphatic carbocycles. The highest BCUT2D eigenvalue weighted by Gasteiger charge is 2.25. The summed E-state index contributed by atoms with van der Waals surface area (Å²) < 4.78 is 28.0. The van der Waals surface area contributed by atoms with Crippen LogP contribution in [0, 0.1) is 6.92 Å². The molecule has 0 fully saturated rings. The van der Waals surface area contributed by atoms with Gasteiger partial charge in [-0.25, -0.2) is 13.1 Å². The lowest BCUT2D eigenvalue weighted by Gasteiger charge is -2.34. The Kier molecular flexibility index (Phi) is 5.56. The summed E-state index contributed by atoms with van der Waals surface area (Å²) in [6.07, 6.45) is 2.56. The number of benzene rings is 1. The molecule has 1 aromatic carbocycles. The van der Waals surface area contributed by atoms with Gasteiger partial charge in [-0.1, -0.05) is 29.8 Å². The lowest BCUT2D eigenvalue weighted by atomic mass is 10.1. The van der Waals surface area contributed by atoms with Crippen molar-refractivity contribution < 1.29 is 8.42 Å². The smallest absolute Gasteiger partial charge is 0.211 e. The van der Waals surface area contributed by atoms with Crippen molar-refractivity contribution in [3.05, 3.63) is 53.3 Å². The molecule has 1 atom stereocenters. The topological polar surface area (TPSA) is 67.2 Å². The van der Waals surface area contributed by atoms with Crippen molar-refractivity contribution in [2.24, 2.45) is 0 Å². The standard InChI is InChI=1S/C18H26N4O2S/c1-3-25(23,24)20-10-8-18-14-21(13-17-7-9-19-22(17)18)12-16-6-4-5-15(2)11-16/h4-7,9,11,18,20H,3,8,10,12-14H2,1-2H3/t18-/m0/s1. The van der Waals surface area contributed by atoms with Crippen molar-refractivity contribution in [2.75, 3.05) is 18.8 Å². The normalized spacial score (nSPS) is 18.2. The highest BCUT2D eigenvalue weighted by molar-refractivity contribution is 7.89. The minimum absolute atomic E-state index is 0.115. The maximum absolute atomic E-state index is 11.6. The van der Waals surface area contributed by atoms with Crippen LogP contribution in [0.25, 0.3) is 0 Å². The molecule has 6 nitrogen and oxygen atoms in total. The van der Waals surface area contributed by atoms with Gasteiger partial charge in [0.25, 0.3) is 0 Å². The molecule has 0 amide bonds. The van der Waals surface area contributed by atoms with Crippen molar-refractivity contribution >= 4 is 10.0 Å². The lowest BCUT2D eigenvalue weighted by Crippen LogP contribution is -2.39. The largest absolute Gasteiger partial charge is 0.291 e. The van der Waals surface area contributed by atoms with Gasteiger partial charge in [0.1, 0.15) is 0 Å². The molecule has 0 saturated heterocycles. The van der Waals surface area contributed by atoms with E-state index in [9.17, 15) is 8.42 Å². The molecular weight excluding hydrogens is 336 g/mol. The van der Waals surface area contributed by atoms with Crippen LogP contribution in [-0.4, -0.2) is 41.9 Å². The third-order valence-electron chi connectivity index (χ3n) is 4.62. The highest BCUT2D eigenvalue weighted by atomic mass is 32.2. The number of aryl methyl sites for hydroxylation is 1. The summed E-state index contributed by atoms with van der Waals surface area (Å²) in [5, 5.41) is 4.44. The fraction of sp³-hybridized carbons (Fsp3) is 0.500. The van der Waals surface area contributed by atoms with Gasteiger partial charge in [0.2, 0.25) is 10.0 Å². The zero-order valence-electron chi connectivity index (χ0n) is 14.9. The fourth-order valence-electron chi connectivity index (χ4n) is 3.35. The molecular formula is C18H26N4O2S. The summed E-state index contributed by atoms with van der Waals surface area (Å²) in [4.78, 5) is 2.41. The minimum atomic E-state index is -3.14. The number of nitrogens with one attached hydrogen (secondary N) is 1. The molecule has 136 valence electrons. The molecule has 25 heavy (non-hydrogen) atoms. The Morgan fingerprint density at radius 2 is 2.16 bits per heavy atom. The number of hydrogen-bond donors (Lipinski definition) is 1. The Morgan fingerprint density at radius 1 is 1.32 bits per heavy atom. The van der Waals surface area contributed by atoms with Gasteiger partial charge in [0.05, 0.1) is 17.5 Å². The zero-order valence-corrected chi connectivity index (χ0v) is 15.7. The Bertz CT molecular complexity index is 816. The van der Waals surface area contributed by atoms with Crippen LogP contribution in [0.1, 0.15) is 36.2 Å². The van der Waals surface area contributed by atoms with E-state index in [0.717, 1.165) is 26.1 Å². The quantitative estimate of drug-likeness (QED) is 0.819. The van der Waals surface area contributed by atoms with Gasteiger partial charge in [-0.05, 0) is 31.9 Å². The number of aromatic nitrogens is 2. The predicted octanol–water partition coefficient (Wildman–Crippen LogP) is 2.08. The van der Waals surface area contributed by atoms with Gasteiger partial charge in [-0.2, -0.15) is 5.10 Å². The molecule has 0 bridgehead atoms. The molecule has 1 aliphatic heterocycles. The van der Waals surface area contributed by atoms with E-state index in [1.54, 1.807) is 6.92 Å². The van der Waals surface area contributed by atoms with E-state index >= 15 is 0 Å². The molecule has 0 saturated carbocycles. The number of sulfonamides is 1. The summed E-state index contributed by atoms with van der Waals surface area (Å²) in [5.41, 5.74) is 3.76. The second-order valence-electron chi connectivity index (χ2n) is 6.67. The average Bonchev–Trinajstić information content (AvgIpc) is 3.03. The van der Waals surface area contributed by atoms with Gasteiger partial charge in [-0.3, -0.25) is 9.58 Å². The van der Waals surface area contributed by atoms with Crippen LogP contribution in [0.15, 0.2) is 36.5 Å². The second-order valence-corrected chi connectivity index (χ2v) is 8.76. The van der Waals surface area contributed by atoms with Gasteiger partial charge in [0.15, 0.2) is 0 Å². The first-order valence-electron chi connectivity index (χ1n) is 8.74. The van der Waals surface area contributed by atoms with Crippen molar-refractivity contribution in [3.63, 3.8) is 0 Å². The van der Waals surface area contributed by atoms with Gasteiger partial charge in [0, 0.05) is 32.4 Å². The Morgan fingerprint density at radius 3 is 2.92 bits per heavy atom. The first-order chi connectivity index (χ1) is 12.0. The minimum Gasteiger partial charge on any atom is -0.291 e. The second kappa shape index (κ2) is 7.68. The molecule has 7 heteroatoms. The third kappa shape index (κ3) is 4.68. The first kappa shape index (κ1) is 18.1. The van der Waals surface area contributed by atoms with E-state index in [-0.39, 0.29) is 11.8 Å². The summed E-state index contributed by atoms with van der Waals surface area (Å²) in [6, 6.07) is 10.8. The maximum atomic E-state index is 11.6. The van der Waals surface area contributed by atoms with Crippen LogP contribution in [0.5, 0.6) is 0 Å². The van der Waals surface area contributed by atoms with E-state index in [4.69, 9.17) is 0 Å². The van der Waals surface area contributed by atoms with Crippen LogP contribution in [0.3, 0.4) is 0 Å². The predicted molar refractivity (Wildman–Crippen MR) is 98.6 cm³/mol. The lowest BCUT2D eigenvalue weighted by molar-refractivity contribution is 0.162. The zero-order chi connectivity index (χ0) is 17.9. The molecule has 1 N–H and O–H groups in total. The van der Waals surface area contributed by atoms with Crippen molar-refractivity contribution in [1.29, 1.82) is 0 Å². The maximum Gasteiger partial charge on any atom is 0.211 e. The first-order valence-corrected chi connectivity index (χ1v) is 10.4. The summed E-state index contributed by atoms with van der Waals surface area (Å²) in [7, 11) is -3.14. The molecule has 0 spiro atoms. The number of fused-ring (bicyclic) bond motifs is 1. The van der Waals surface area contributed by atoms with E-state index < -0.39 is 10.0 Å². The van der Waals surface area contributed by atoms with Crippen molar-refractivity contribution in [1.82, 2.24) is 19.4 Å². The molecule has 2 aromatic rings. The summed E-state index contributed by atoms with van der Waals surface area (Å²) in [6.45, 7) is 6.83. The van der Waals surface area contributed by atoms with Crippen LogP contribution in [-0.2, 0) is 23.1 Å².